The van der Waals surface area contributed by atoms with Crippen LogP contribution < -0.4 is 15.4 Å². The van der Waals surface area contributed by atoms with Crippen LogP contribution in [0.4, 0.5) is 4.79 Å². The van der Waals surface area contributed by atoms with Crippen LogP contribution in [-0.4, -0.2) is 36.2 Å². The molecule has 7 heteroatoms. The maximum atomic E-state index is 11.4. The molecule has 0 atom stereocenters. The molecule has 0 saturated carbocycles. The van der Waals surface area contributed by atoms with Crippen molar-refractivity contribution in [3.63, 3.8) is 0 Å². The van der Waals surface area contributed by atoms with Gasteiger partial charge in [0.1, 0.15) is 11.3 Å². The summed E-state index contributed by atoms with van der Waals surface area (Å²) in [5.74, 6) is -1.73. The average molecular weight is 280 g/mol. The van der Waals surface area contributed by atoms with E-state index >= 15 is 0 Å². The minimum absolute atomic E-state index is 0.0456. The van der Waals surface area contributed by atoms with Crippen LogP contribution in [0.15, 0.2) is 24.3 Å². The molecule has 0 radical (unpaired) electrons. The molecule has 0 spiro atoms. The Bertz CT molecular complexity index is 501. The minimum atomic E-state index is -1.15. The van der Waals surface area contributed by atoms with Gasteiger partial charge in [0.2, 0.25) is 0 Å². The van der Waals surface area contributed by atoms with Gasteiger partial charge in [-0.3, -0.25) is 10.1 Å². The number of carbonyl (C=O) groups excluding carboxylic acids is 2. The second-order valence-corrected chi connectivity index (χ2v) is 3.89. The Kier molecular flexibility index (Phi) is 6.02. The normalized spacial score (nSPS) is 9.65. The SMILES string of the molecule is CCCNC(=O)NC(=O)COc1ccccc1C(=O)O. The van der Waals surface area contributed by atoms with Gasteiger partial charge < -0.3 is 15.2 Å². The van der Waals surface area contributed by atoms with E-state index in [0.717, 1.165) is 6.42 Å². The van der Waals surface area contributed by atoms with Gasteiger partial charge in [-0.2, -0.15) is 0 Å². The minimum Gasteiger partial charge on any atom is -0.483 e. The highest BCUT2D eigenvalue weighted by molar-refractivity contribution is 5.95. The van der Waals surface area contributed by atoms with Gasteiger partial charge in [0.15, 0.2) is 6.61 Å². The highest BCUT2D eigenvalue weighted by atomic mass is 16.5. The Balaban J connectivity index is 2.49. The lowest BCUT2D eigenvalue weighted by Crippen LogP contribution is -2.41. The number of amides is 3. The maximum absolute atomic E-state index is 11.4. The molecule has 3 amide bonds. The predicted octanol–water partition coefficient (Wildman–Crippen LogP) is 0.999. The van der Waals surface area contributed by atoms with Crippen LogP contribution >= 0.6 is 0 Å². The number of ether oxygens (including phenoxy) is 1. The molecule has 0 aliphatic carbocycles. The van der Waals surface area contributed by atoms with Crippen molar-refractivity contribution in [3.8, 4) is 5.75 Å². The number of aromatic carboxylic acids is 1. The molecule has 3 N–H and O–H groups in total. The maximum Gasteiger partial charge on any atom is 0.339 e. The fourth-order valence-electron chi connectivity index (χ4n) is 1.36. The van der Waals surface area contributed by atoms with Crippen molar-refractivity contribution in [2.45, 2.75) is 13.3 Å². The van der Waals surface area contributed by atoms with E-state index in [0.29, 0.717) is 6.54 Å². The lowest BCUT2D eigenvalue weighted by atomic mass is 10.2. The fourth-order valence-corrected chi connectivity index (χ4v) is 1.36. The molecular weight excluding hydrogens is 264 g/mol. The van der Waals surface area contributed by atoms with Crippen LogP contribution in [0.25, 0.3) is 0 Å². The topological polar surface area (TPSA) is 105 Å². The molecule has 0 aromatic heterocycles. The quantitative estimate of drug-likeness (QED) is 0.721. The number of carbonyl (C=O) groups is 3. The summed E-state index contributed by atoms with van der Waals surface area (Å²) in [6.07, 6.45) is 0.754. The Hall–Kier alpha value is -2.57. The summed E-state index contributed by atoms with van der Waals surface area (Å²) >= 11 is 0. The average Bonchev–Trinajstić information content (AvgIpc) is 2.43. The molecule has 20 heavy (non-hydrogen) atoms. The summed E-state index contributed by atoms with van der Waals surface area (Å²) in [4.78, 5) is 33.6. The molecule has 0 bridgehead atoms. The third-order valence-electron chi connectivity index (χ3n) is 2.26. The standard InChI is InChI=1S/C13H16N2O5/c1-2-7-14-13(19)15-11(16)8-20-10-6-4-3-5-9(10)12(17)18/h3-6H,2,7-8H2,1H3,(H,17,18)(H2,14,15,16,19). The molecular formula is C13H16N2O5. The van der Waals surface area contributed by atoms with Crippen molar-refractivity contribution >= 4 is 17.9 Å². The highest BCUT2D eigenvalue weighted by Crippen LogP contribution is 2.17. The van der Waals surface area contributed by atoms with Gasteiger partial charge in [-0.05, 0) is 18.6 Å². The molecule has 0 aliphatic heterocycles. The van der Waals surface area contributed by atoms with E-state index in [1.54, 1.807) is 12.1 Å². The molecule has 0 saturated heterocycles. The van der Waals surface area contributed by atoms with Crippen LogP contribution in [-0.2, 0) is 4.79 Å². The summed E-state index contributed by atoms with van der Waals surface area (Å²) in [5.41, 5.74) is -0.0456. The summed E-state index contributed by atoms with van der Waals surface area (Å²) in [6.45, 7) is 1.90. The monoisotopic (exact) mass is 280 g/mol. The molecule has 0 fully saturated rings. The van der Waals surface area contributed by atoms with Gasteiger partial charge >= 0.3 is 12.0 Å². The third-order valence-corrected chi connectivity index (χ3v) is 2.26. The van der Waals surface area contributed by atoms with Crippen LogP contribution in [0.2, 0.25) is 0 Å². The van der Waals surface area contributed by atoms with Crippen LogP contribution in [0.5, 0.6) is 5.75 Å². The van der Waals surface area contributed by atoms with Crippen molar-refractivity contribution in [1.82, 2.24) is 10.6 Å². The van der Waals surface area contributed by atoms with Gasteiger partial charge in [-0.25, -0.2) is 9.59 Å². The Morgan fingerprint density at radius 1 is 1.25 bits per heavy atom. The van der Waals surface area contributed by atoms with Gasteiger partial charge in [-0.1, -0.05) is 19.1 Å². The second-order valence-electron chi connectivity index (χ2n) is 3.89. The Morgan fingerprint density at radius 3 is 2.60 bits per heavy atom. The van der Waals surface area contributed by atoms with Crippen LogP contribution in [0, 0.1) is 0 Å². The van der Waals surface area contributed by atoms with Gasteiger partial charge in [0.05, 0.1) is 0 Å². The van der Waals surface area contributed by atoms with E-state index in [9.17, 15) is 14.4 Å². The number of hydrogen-bond acceptors (Lipinski definition) is 4. The Labute approximate surface area is 115 Å². The first-order chi connectivity index (χ1) is 9.54. The van der Waals surface area contributed by atoms with Crippen LogP contribution in [0.1, 0.15) is 23.7 Å². The zero-order valence-corrected chi connectivity index (χ0v) is 11.0. The van der Waals surface area contributed by atoms with E-state index in [1.165, 1.54) is 12.1 Å². The van der Waals surface area contributed by atoms with Gasteiger partial charge in [0, 0.05) is 6.54 Å². The molecule has 0 heterocycles. The zero-order valence-electron chi connectivity index (χ0n) is 11.0. The number of hydrogen-bond donors (Lipinski definition) is 3. The number of carboxylic acids is 1. The number of para-hydroxylation sites is 1. The van der Waals surface area contributed by atoms with Crippen molar-refractivity contribution < 1.29 is 24.2 Å². The third kappa shape index (κ3) is 4.97. The fraction of sp³-hybridized carbons (Fsp3) is 0.308. The second kappa shape index (κ2) is 7.78. The van der Waals surface area contributed by atoms with Gasteiger partial charge in [-0.15, -0.1) is 0 Å². The molecule has 7 nitrogen and oxygen atoms in total. The van der Waals surface area contributed by atoms with E-state index in [2.05, 4.69) is 10.6 Å². The number of nitrogens with one attached hydrogen (secondary N) is 2. The van der Waals surface area contributed by atoms with E-state index < -0.39 is 24.5 Å². The first-order valence-corrected chi connectivity index (χ1v) is 6.07. The summed E-state index contributed by atoms with van der Waals surface area (Å²) in [6, 6.07) is 5.34. The predicted molar refractivity (Wildman–Crippen MR) is 70.7 cm³/mol. The van der Waals surface area contributed by atoms with Crippen molar-refractivity contribution in [1.29, 1.82) is 0 Å². The highest BCUT2D eigenvalue weighted by Gasteiger charge is 2.12. The smallest absolute Gasteiger partial charge is 0.339 e. The van der Waals surface area contributed by atoms with Gasteiger partial charge in [0.25, 0.3) is 5.91 Å². The number of benzene rings is 1. The number of urea groups is 1. The molecule has 1 aromatic carbocycles. The first-order valence-electron chi connectivity index (χ1n) is 6.07. The van der Waals surface area contributed by atoms with Crippen molar-refractivity contribution in [2.24, 2.45) is 0 Å². The largest absolute Gasteiger partial charge is 0.483 e. The lowest BCUT2D eigenvalue weighted by Gasteiger charge is -2.09. The van der Waals surface area contributed by atoms with E-state index in [4.69, 9.17) is 9.84 Å². The molecule has 0 unspecified atom stereocenters. The van der Waals surface area contributed by atoms with E-state index in [-0.39, 0.29) is 11.3 Å². The van der Waals surface area contributed by atoms with Crippen molar-refractivity contribution in [3.05, 3.63) is 29.8 Å². The number of imide groups is 1. The molecule has 108 valence electrons. The molecule has 1 rings (SSSR count). The summed E-state index contributed by atoms with van der Waals surface area (Å²) < 4.78 is 5.09. The lowest BCUT2D eigenvalue weighted by molar-refractivity contribution is -0.122. The molecule has 1 aromatic rings. The first kappa shape index (κ1) is 15.5. The van der Waals surface area contributed by atoms with Crippen LogP contribution in [0.3, 0.4) is 0 Å². The summed E-state index contributed by atoms with van der Waals surface area (Å²) in [5, 5.41) is 13.5. The summed E-state index contributed by atoms with van der Waals surface area (Å²) in [7, 11) is 0. The number of rotatable bonds is 6. The van der Waals surface area contributed by atoms with Crippen molar-refractivity contribution in [2.75, 3.05) is 13.2 Å². The molecule has 0 aliphatic rings. The number of carboxylic acid groups (broad SMARTS) is 1. The zero-order chi connectivity index (χ0) is 15.0. The Morgan fingerprint density at radius 2 is 1.95 bits per heavy atom. The van der Waals surface area contributed by atoms with E-state index in [1.807, 2.05) is 6.92 Å².